The van der Waals surface area contributed by atoms with Crippen molar-refractivity contribution < 1.29 is 28.6 Å². The fraction of sp³-hybridized carbons (Fsp3) is 0.120. The number of Topliss-reactive ketones (excluding diaryl/α,β-unsaturated/α-hetero) is 1. The highest BCUT2D eigenvalue weighted by Gasteiger charge is 2.47. The molecule has 162 valence electrons. The van der Waals surface area contributed by atoms with Crippen LogP contribution < -0.4 is 4.90 Å². The lowest BCUT2D eigenvalue weighted by atomic mass is 9.94. The minimum atomic E-state index is -1.23. The first-order valence-corrected chi connectivity index (χ1v) is 9.96. The van der Waals surface area contributed by atoms with Crippen LogP contribution in [0.4, 0.5) is 14.5 Å². The number of phenolic OH excluding ortho intramolecular Hbond substituents is 1. The molecule has 0 bridgehead atoms. The van der Waals surface area contributed by atoms with Gasteiger partial charge in [0.2, 0.25) is 0 Å². The Balaban J connectivity index is 1.95. The molecule has 3 aromatic rings. The van der Waals surface area contributed by atoms with Crippen LogP contribution in [-0.2, 0) is 16.0 Å². The van der Waals surface area contributed by atoms with E-state index >= 15 is 0 Å². The lowest BCUT2D eigenvalue weighted by Gasteiger charge is -2.26. The van der Waals surface area contributed by atoms with E-state index in [2.05, 4.69) is 0 Å². The Bertz CT molecular complexity index is 1250. The van der Waals surface area contributed by atoms with Crippen LogP contribution in [0.3, 0.4) is 0 Å². The highest BCUT2D eigenvalue weighted by atomic mass is 19.1. The minimum Gasteiger partial charge on any atom is -0.508 e. The Morgan fingerprint density at radius 3 is 2.34 bits per heavy atom. The Morgan fingerprint density at radius 2 is 1.72 bits per heavy atom. The topological polar surface area (TPSA) is 77.8 Å². The molecule has 2 N–H and O–H groups in total. The highest BCUT2D eigenvalue weighted by molar-refractivity contribution is 6.51. The van der Waals surface area contributed by atoms with Gasteiger partial charge in [-0.15, -0.1) is 0 Å². The molecule has 1 atom stereocenters. The van der Waals surface area contributed by atoms with Gasteiger partial charge < -0.3 is 10.2 Å². The van der Waals surface area contributed by atoms with Crippen LogP contribution in [0.2, 0.25) is 0 Å². The van der Waals surface area contributed by atoms with E-state index in [0.717, 1.165) is 29.0 Å². The molecule has 7 heteroatoms. The number of anilines is 1. The molecule has 1 amide bonds. The fourth-order valence-electron chi connectivity index (χ4n) is 3.82. The van der Waals surface area contributed by atoms with Gasteiger partial charge >= 0.3 is 0 Å². The first-order valence-electron chi connectivity index (χ1n) is 9.96. The van der Waals surface area contributed by atoms with E-state index in [1.54, 1.807) is 24.3 Å². The molecule has 32 heavy (non-hydrogen) atoms. The van der Waals surface area contributed by atoms with Gasteiger partial charge in [0.1, 0.15) is 23.1 Å². The third-order valence-electron chi connectivity index (χ3n) is 5.44. The van der Waals surface area contributed by atoms with Crippen LogP contribution in [0.1, 0.15) is 29.7 Å². The zero-order valence-corrected chi connectivity index (χ0v) is 17.0. The monoisotopic (exact) mass is 435 g/mol. The van der Waals surface area contributed by atoms with Gasteiger partial charge in [-0.1, -0.05) is 43.3 Å². The van der Waals surface area contributed by atoms with Crippen molar-refractivity contribution in [3.8, 4) is 5.75 Å². The summed E-state index contributed by atoms with van der Waals surface area (Å²) in [5.74, 6) is -4.53. The van der Waals surface area contributed by atoms with Gasteiger partial charge in [0.25, 0.3) is 11.7 Å². The Kier molecular flexibility index (Phi) is 5.48. The van der Waals surface area contributed by atoms with Crippen LogP contribution in [0.15, 0.2) is 72.3 Å². The maximum absolute atomic E-state index is 14.6. The molecule has 0 aromatic heterocycles. The molecule has 1 saturated heterocycles. The SMILES string of the molecule is CCc1ccc(/C(O)=C2\C(=O)C(=O)N(c3ccc(F)cc3F)C2c2cccc(O)c2)cc1. The van der Waals surface area contributed by atoms with Crippen molar-refractivity contribution in [2.75, 3.05) is 4.90 Å². The summed E-state index contributed by atoms with van der Waals surface area (Å²) in [5.41, 5.74) is 1.03. The highest BCUT2D eigenvalue weighted by Crippen LogP contribution is 2.43. The Morgan fingerprint density at radius 1 is 1.00 bits per heavy atom. The van der Waals surface area contributed by atoms with Gasteiger partial charge in [-0.3, -0.25) is 14.5 Å². The second kappa shape index (κ2) is 8.26. The number of hydrogen-bond donors (Lipinski definition) is 2. The predicted molar refractivity (Wildman–Crippen MR) is 115 cm³/mol. The van der Waals surface area contributed by atoms with E-state index in [1.807, 2.05) is 6.92 Å². The zero-order valence-electron chi connectivity index (χ0n) is 17.0. The summed E-state index contributed by atoms with van der Waals surface area (Å²) in [4.78, 5) is 26.8. The van der Waals surface area contributed by atoms with Crippen LogP contribution in [-0.4, -0.2) is 21.9 Å². The molecular weight excluding hydrogens is 416 g/mol. The number of halogens is 2. The lowest BCUT2D eigenvalue weighted by Crippen LogP contribution is -2.30. The molecule has 0 spiro atoms. The number of carbonyl (C=O) groups is 2. The zero-order chi connectivity index (χ0) is 23.0. The molecule has 1 heterocycles. The molecule has 1 unspecified atom stereocenters. The number of ketones is 1. The summed E-state index contributed by atoms with van der Waals surface area (Å²) < 4.78 is 28.1. The van der Waals surface area contributed by atoms with Crippen molar-refractivity contribution in [2.45, 2.75) is 19.4 Å². The van der Waals surface area contributed by atoms with E-state index in [9.17, 15) is 28.6 Å². The van der Waals surface area contributed by atoms with Crippen molar-refractivity contribution in [1.82, 2.24) is 0 Å². The summed E-state index contributed by atoms with van der Waals surface area (Å²) in [5, 5.41) is 21.0. The largest absolute Gasteiger partial charge is 0.508 e. The number of nitrogens with zero attached hydrogens (tertiary/aromatic N) is 1. The standard InChI is InChI=1S/C25H19F2NO4/c1-2-14-6-8-15(9-7-14)23(30)21-22(16-4-3-5-18(29)12-16)28(25(32)24(21)31)20-11-10-17(26)13-19(20)27/h3-13,22,29-30H,2H2,1H3/b23-21+. The summed E-state index contributed by atoms with van der Waals surface area (Å²) in [6.07, 6.45) is 0.776. The van der Waals surface area contributed by atoms with E-state index in [1.165, 1.54) is 24.3 Å². The van der Waals surface area contributed by atoms with E-state index < -0.39 is 35.1 Å². The van der Waals surface area contributed by atoms with Crippen molar-refractivity contribution in [3.63, 3.8) is 0 Å². The molecule has 0 radical (unpaired) electrons. The Labute approximate surface area is 182 Å². The number of carbonyl (C=O) groups excluding carboxylic acids is 2. The van der Waals surface area contributed by atoms with Gasteiger partial charge in [0, 0.05) is 11.6 Å². The Hall–Kier alpha value is -4.00. The fourth-order valence-corrected chi connectivity index (χ4v) is 3.82. The molecule has 5 nitrogen and oxygen atoms in total. The normalized spacial score (nSPS) is 17.7. The number of phenols is 1. The summed E-state index contributed by atoms with van der Waals surface area (Å²) in [6.45, 7) is 1.97. The van der Waals surface area contributed by atoms with E-state index in [-0.39, 0.29) is 22.6 Å². The number of rotatable bonds is 4. The lowest BCUT2D eigenvalue weighted by molar-refractivity contribution is -0.132. The van der Waals surface area contributed by atoms with Crippen LogP contribution in [0.25, 0.3) is 5.76 Å². The van der Waals surface area contributed by atoms with Crippen molar-refractivity contribution in [2.24, 2.45) is 0 Å². The second-order valence-electron chi connectivity index (χ2n) is 7.41. The maximum atomic E-state index is 14.6. The summed E-state index contributed by atoms with van der Waals surface area (Å²) >= 11 is 0. The van der Waals surface area contributed by atoms with Gasteiger partial charge in [-0.2, -0.15) is 0 Å². The number of aliphatic hydroxyl groups is 1. The van der Waals surface area contributed by atoms with E-state index in [4.69, 9.17) is 0 Å². The quantitative estimate of drug-likeness (QED) is 0.349. The third-order valence-corrected chi connectivity index (χ3v) is 5.44. The summed E-state index contributed by atoms with van der Waals surface area (Å²) in [7, 11) is 0. The number of amides is 1. The van der Waals surface area contributed by atoms with Crippen LogP contribution in [0, 0.1) is 11.6 Å². The van der Waals surface area contributed by atoms with Crippen molar-refractivity contribution >= 4 is 23.1 Å². The average molecular weight is 435 g/mol. The number of hydrogen-bond acceptors (Lipinski definition) is 4. The first kappa shape index (κ1) is 21.2. The molecular formula is C25H19F2NO4. The first-order chi connectivity index (χ1) is 15.3. The van der Waals surface area contributed by atoms with Crippen LogP contribution in [0.5, 0.6) is 5.75 Å². The molecule has 1 aliphatic heterocycles. The smallest absolute Gasteiger partial charge is 0.300 e. The number of aryl methyl sites for hydroxylation is 1. The predicted octanol–water partition coefficient (Wildman–Crippen LogP) is 4.86. The molecule has 0 saturated carbocycles. The van der Waals surface area contributed by atoms with Crippen LogP contribution >= 0.6 is 0 Å². The number of aromatic hydroxyl groups is 1. The molecule has 1 aliphatic rings. The van der Waals surface area contributed by atoms with Gasteiger partial charge in [-0.05, 0) is 41.8 Å². The second-order valence-corrected chi connectivity index (χ2v) is 7.41. The van der Waals surface area contributed by atoms with Crippen molar-refractivity contribution in [3.05, 3.63) is 101 Å². The average Bonchev–Trinajstić information content (AvgIpc) is 3.04. The maximum Gasteiger partial charge on any atom is 0.300 e. The van der Waals surface area contributed by atoms with E-state index in [0.29, 0.717) is 11.6 Å². The summed E-state index contributed by atoms with van der Waals surface area (Å²) in [6, 6.07) is 14.0. The van der Waals surface area contributed by atoms with Crippen molar-refractivity contribution in [1.29, 1.82) is 0 Å². The molecule has 4 rings (SSSR count). The van der Waals surface area contributed by atoms with Gasteiger partial charge in [0.05, 0.1) is 17.3 Å². The molecule has 1 fully saturated rings. The number of aliphatic hydroxyl groups excluding tert-OH is 1. The molecule has 0 aliphatic carbocycles. The number of benzene rings is 3. The third kappa shape index (κ3) is 3.62. The van der Waals surface area contributed by atoms with Gasteiger partial charge in [0.15, 0.2) is 0 Å². The minimum absolute atomic E-state index is 0.139. The molecule has 3 aromatic carbocycles. The van der Waals surface area contributed by atoms with Gasteiger partial charge in [-0.25, -0.2) is 8.78 Å².